The molecule has 19 heavy (non-hydrogen) atoms. The van der Waals surface area contributed by atoms with Crippen LogP contribution in [0.2, 0.25) is 0 Å². The lowest BCUT2D eigenvalue weighted by molar-refractivity contribution is 0.254. The van der Waals surface area contributed by atoms with Crippen LogP contribution >= 0.6 is 0 Å². The molecule has 0 saturated carbocycles. The fourth-order valence-corrected chi connectivity index (χ4v) is 2.66. The number of ether oxygens (including phenoxy) is 1. The number of hydrogen-bond acceptors (Lipinski definition) is 3. The van der Waals surface area contributed by atoms with E-state index < -0.39 is 0 Å². The lowest BCUT2D eigenvalue weighted by Gasteiger charge is -2.16. The van der Waals surface area contributed by atoms with Crippen LogP contribution in [-0.2, 0) is 6.42 Å². The molecule has 0 radical (unpaired) electrons. The van der Waals surface area contributed by atoms with Crippen molar-refractivity contribution < 1.29 is 9.15 Å². The van der Waals surface area contributed by atoms with Crippen molar-refractivity contribution in [2.24, 2.45) is 0 Å². The smallest absolute Gasteiger partial charge is 0.125 e. The summed E-state index contributed by atoms with van der Waals surface area (Å²) in [7, 11) is 0. The molecule has 0 fully saturated rings. The minimum Gasteiger partial charge on any atom is -0.490 e. The van der Waals surface area contributed by atoms with Crippen molar-refractivity contribution in [3.8, 4) is 5.75 Å². The molecule has 1 aromatic heterocycles. The molecule has 1 aliphatic heterocycles. The van der Waals surface area contributed by atoms with Crippen LogP contribution in [0.3, 0.4) is 0 Å². The molecule has 0 amide bonds. The average Bonchev–Trinajstić information content (AvgIpc) is 3.02. The van der Waals surface area contributed by atoms with Crippen LogP contribution in [0.25, 0.3) is 0 Å². The fraction of sp³-hybridized carbons (Fsp3) is 0.375. The van der Waals surface area contributed by atoms with Gasteiger partial charge >= 0.3 is 0 Å². The van der Waals surface area contributed by atoms with Crippen LogP contribution in [0.5, 0.6) is 5.75 Å². The molecule has 100 valence electrons. The Hall–Kier alpha value is -1.74. The predicted octanol–water partition coefficient (Wildman–Crippen LogP) is 3.30. The zero-order valence-electron chi connectivity index (χ0n) is 11.3. The zero-order chi connectivity index (χ0) is 13.2. The van der Waals surface area contributed by atoms with Crippen molar-refractivity contribution in [3.63, 3.8) is 0 Å². The van der Waals surface area contributed by atoms with Gasteiger partial charge in [0.15, 0.2) is 0 Å². The summed E-state index contributed by atoms with van der Waals surface area (Å²) in [6.45, 7) is 5.11. The van der Waals surface area contributed by atoms with E-state index >= 15 is 0 Å². The van der Waals surface area contributed by atoms with Gasteiger partial charge in [-0.15, -0.1) is 0 Å². The van der Waals surface area contributed by atoms with Crippen molar-refractivity contribution >= 4 is 0 Å². The predicted molar refractivity (Wildman–Crippen MR) is 74.5 cm³/mol. The first kappa shape index (κ1) is 12.3. The van der Waals surface area contributed by atoms with Crippen molar-refractivity contribution in [1.82, 2.24) is 5.32 Å². The number of benzene rings is 1. The molecule has 3 heteroatoms. The maximum Gasteiger partial charge on any atom is 0.125 e. The Labute approximate surface area is 113 Å². The lowest BCUT2D eigenvalue weighted by atomic mass is 10.00. The second-order valence-electron chi connectivity index (χ2n) is 5.01. The summed E-state index contributed by atoms with van der Waals surface area (Å²) in [5.41, 5.74) is 2.52. The van der Waals surface area contributed by atoms with E-state index in [2.05, 4.69) is 37.4 Å². The molecule has 0 saturated heterocycles. The fourth-order valence-electron chi connectivity index (χ4n) is 2.66. The Morgan fingerprint density at radius 3 is 3.00 bits per heavy atom. The van der Waals surface area contributed by atoms with E-state index in [9.17, 15) is 0 Å². The van der Waals surface area contributed by atoms with Crippen LogP contribution in [-0.4, -0.2) is 12.6 Å². The minimum absolute atomic E-state index is 0.112. The van der Waals surface area contributed by atoms with E-state index in [0.29, 0.717) is 0 Å². The Balaban J connectivity index is 1.93. The van der Waals surface area contributed by atoms with Gasteiger partial charge in [-0.05, 0) is 48.9 Å². The second-order valence-corrected chi connectivity index (χ2v) is 5.01. The third kappa shape index (κ3) is 2.38. The highest BCUT2D eigenvalue weighted by Crippen LogP contribution is 2.32. The van der Waals surface area contributed by atoms with Crippen LogP contribution in [0.15, 0.2) is 41.0 Å². The van der Waals surface area contributed by atoms with Gasteiger partial charge in [0, 0.05) is 6.42 Å². The van der Waals surface area contributed by atoms with Crippen LogP contribution in [0.4, 0.5) is 0 Å². The molecule has 0 aliphatic carbocycles. The summed E-state index contributed by atoms with van der Waals surface area (Å²) in [5, 5.41) is 3.47. The van der Waals surface area contributed by atoms with Gasteiger partial charge in [0.1, 0.15) is 17.6 Å². The molecular weight excluding hydrogens is 238 g/mol. The molecule has 1 aliphatic rings. The maximum atomic E-state index is 5.75. The topological polar surface area (TPSA) is 34.4 Å². The third-order valence-corrected chi connectivity index (χ3v) is 3.49. The summed E-state index contributed by atoms with van der Waals surface area (Å²) in [6, 6.07) is 10.5. The van der Waals surface area contributed by atoms with Gasteiger partial charge in [0.05, 0.1) is 12.3 Å². The number of hydrogen-bond donors (Lipinski definition) is 1. The Bertz CT molecular complexity index is 548. The molecular formula is C16H19NO2. The summed E-state index contributed by atoms with van der Waals surface area (Å²) < 4.78 is 11.3. The summed E-state index contributed by atoms with van der Waals surface area (Å²) in [4.78, 5) is 0. The maximum absolute atomic E-state index is 5.75. The van der Waals surface area contributed by atoms with Crippen LogP contribution in [0, 0.1) is 0 Å². The molecule has 2 atom stereocenters. The number of nitrogens with one attached hydrogen (secondary N) is 1. The SMILES string of the molecule is CCNC(c1ccc2c(c1)CC(C)O2)c1ccco1. The van der Waals surface area contributed by atoms with E-state index in [4.69, 9.17) is 9.15 Å². The first-order valence-electron chi connectivity index (χ1n) is 6.84. The number of fused-ring (bicyclic) bond motifs is 1. The molecule has 2 aromatic rings. The molecule has 0 spiro atoms. The van der Waals surface area contributed by atoms with Crippen LogP contribution in [0.1, 0.15) is 36.8 Å². The third-order valence-electron chi connectivity index (χ3n) is 3.49. The van der Waals surface area contributed by atoms with E-state index in [1.807, 2.05) is 12.1 Å². The molecule has 3 nitrogen and oxygen atoms in total. The minimum atomic E-state index is 0.112. The number of rotatable bonds is 4. The quantitative estimate of drug-likeness (QED) is 0.912. The average molecular weight is 257 g/mol. The summed E-state index contributed by atoms with van der Waals surface area (Å²) in [5.74, 6) is 1.97. The standard InChI is InChI=1S/C16H19NO2/c1-3-17-16(15-5-4-8-18-15)12-6-7-14-13(10-12)9-11(2)19-14/h4-8,10-11,16-17H,3,9H2,1-2H3. The summed E-state index contributed by atoms with van der Waals surface area (Å²) >= 11 is 0. The van der Waals surface area contributed by atoms with Gasteiger partial charge in [-0.25, -0.2) is 0 Å². The monoisotopic (exact) mass is 257 g/mol. The molecule has 3 rings (SSSR count). The van der Waals surface area contributed by atoms with Crippen molar-refractivity contribution in [1.29, 1.82) is 0 Å². The van der Waals surface area contributed by atoms with E-state index in [1.165, 1.54) is 11.1 Å². The normalized spacial score (nSPS) is 18.9. The lowest BCUT2D eigenvalue weighted by Crippen LogP contribution is -2.21. The highest BCUT2D eigenvalue weighted by molar-refractivity contribution is 5.42. The van der Waals surface area contributed by atoms with E-state index in [1.54, 1.807) is 6.26 Å². The van der Waals surface area contributed by atoms with Gasteiger partial charge in [-0.3, -0.25) is 0 Å². The zero-order valence-corrected chi connectivity index (χ0v) is 11.3. The van der Waals surface area contributed by atoms with Crippen molar-refractivity contribution in [2.45, 2.75) is 32.4 Å². The van der Waals surface area contributed by atoms with Gasteiger partial charge < -0.3 is 14.5 Å². The largest absolute Gasteiger partial charge is 0.490 e. The van der Waals surface area contributed by atoms with E-state index in [0.717, 1.165) is 24.5 Å². The van der Waals surface area contributed by atoms with Crippen LogP contribution < -0.4 is 10.1 Å². The highest BCUT2D eigenvalue weighted by atomic mass is 16.5. The molecule has 2 unspecified atom stereocenters. The van der Waals surface area contributed by atoms with Crippen molar-refractivity contribution in [2.75, 3.05) is 6.54 Å². The molecule has 2 heterocycles. The van der Waals surface area contributed by atoms with Gasteiger partial charge in [0.25, 0.3) is 0 Å². The van der Waals surface area contributed by atoms with Gasteiger partial charge in [0.2, 0.25) is 0 Å². The molecule has 1 N–H and O–H groups in total. The Kier molecular flexibility index (Phi) is 3.30. The summed E-state index contributed by atoms with van der Waals surface area (Å²) in [6.07, 6.45) is 2.99. The Morgan fingerprint density at radius 1 is 1.37 bits per heavy atom. The highest BCUT2D eigenvalue weighted by Gasteiger charge is 2.22. The van der Waals surface area contributed by atoms with Gasteiger partial charge in [-0.1, -0.05) is 13.0 Å². The van der Waals surface area contributed by atoms with E-state index in [-0.39, 0.29) is 12.1 Å². The second kappa shape index (κ2) is 5.10. The van der Waals surface area contributed by atoms with Gasteiger partial charge in [-0.2, -0.15) is 0 Å². The number of furan rings is 1. The molecule has 1 aromatic carbocycles. The molecule has 0 bridgehead atoms. The first-order valence-corrected chi connectivity index (χ1v) is 6.84. The Morgan fingerprint density at radius 2 is 2.26 bits per heavy atom. The van der Waals surface area contributed by atoms with Crippen molar-refractivity contribution in [3.05, 3.63) is 53.5 Å². The first-order chi connectivity index (χ1) is 9.28.